The number of ether oxygens (including phenoxy) is 3. The fraction of sp³-hybridized carbons (Fsp3) is 0.647. The van der Waals surface area contributed by atoms with Crippen LogP contribution in [0.2, 0.25) is 0 Å². The van der Waals surface area contributed by atoms with E-state index >= 15 is 0 Å². The Kier molecular flexibility index (Phi) is 6.81. The van der Waals surface area contributed by atoms with Crippen LogP contribution in [0.1, 0.15) is 40.0 Å². The molecule has 0 bridgehead atoms. The molecule has 1 rings (SSSR count). The van der Waals surface area contributed by atoms with E-state index in [4.69, 9.17) is 14.2 Å². The van der Waals surface area contributed by atoms with Crippen molar-refractivity contribution in [2.45, 2.75) is 46.1 Å². The summed E-state index contributed by atoms with van der Waals surface area (Å²) >= 11 is 0. The van der Waals surface area contributed by atoms with E-state index in [1.54, 1.807) is 13.8 Å². The van der Waals surface area contributed by atoms with E-state index in [1.807, 2.05) is 0 Å². The van der Waals surface area contributed by atoms with E-state index in [0.717, 1.165) is 12.8 Å². The minimum Gasteiger partial charge on any atom is -0.462 e. The molecule has 0 aliphatic carbocycles. The van der Waals surface area contributed by atoms with Gasteiger partial charge in [0.25, 0.3) is 0 Å². The normalized spacial score (nSPS) is 23.3. The third kappa shape index (κ3) is 4.70. The molecular formula is C17H26O5. The fourth-order valence-electron chi connectivity index (χ4n) is 2.42. The minimum atomic E-state index is -0.378. The average molecular weight is 310 g/mol. The average Bonchev–Trinajstić information content (AvgIpc) is 2.46. The largest absolute Gasteiger partial charge is 0.462 e. The molecule has 0 amide bonds. The first-order valence-corrected chi connectivity index (χ1v) is 7.59. The van der Waals surface area contributed by atoms with Crippen molar-refractivity contribution in [1.82, 2.24) is 0 Å². The molecule has 5 nitrogen and oxygen atoms in total. The molecule has 0 aromatic heterocycles. The zero-order valence-electron chi connectivity index (χ0n) is 13.8. The first-order valence-electron chi connectivity index (χ1n) is 7.59. The van der Waals surface area contributed by atoms with Crippen LogP contribution in [0, 0.1) is 5.41 Å². The molecule has 2 unspecified atom stereocenters. The second-order valence-electron chi connectivity index (χ2n) is 5.89. The van der Waals surface area contributed by atoms with Crippen LogP contribution in [0.3, 0.4) is 0 Å². The Morgan fingerprint density at radius 3 is 2.09 bits per heavy atom. The van der Waals surface area contributed by atoms with Gasteiger partial charge in [0.15, 0.2) is 0 Å². The summed E-state index contributed by atoms with van der Waals surface area (Å²) < 4.78 is 15.9. The highest BCUT2D eigenvalue weighted by Gasteiger charge is 2.46. The maximum absolute atomic E-state index is 11.4. The molecule has 1 aliphatic heterocycles. The predicted octanol–water partition coefficient (Wildman–Crippen LogP) is 2.80. The number of carbonyl (C=O) groups excluding carboxylic acids is 2. The van der Waals surface area contributed by atoms with Gasteiger partial charge in [-0.05, 0) is 26.7 Å². The summed E-state index contributed by atoms with van der Waals surface area (Å²) in [6.07, 6.45) is 2.33. The topological polar surface area (TPSA) is 61.8 Å². The van der Waals surface area contributed by atoms with Crippen LogP contribution >= 0.6 is 0 Å². The molecule has 124 valence electrons. The summed E-state index contributed by atoms with van der Waals surface area (Å²) in [6.45, 7) is 13.7. The summed E-state index contributed by atoms with van der Waals surface area (Å²) in [5.74, 6) is -0.741. The second-order valence-corrected chi connectivity index (χ2v) is 5.89. The van der Waals surface area contributed by atoms with Crippen LogP contribution in [-0.2, 0) is 23.8 Å². The fourth-order valence-corrected chi connectivity index (χ4v) is 2.42. The molecule has 0 N–H and O–H groups in total. The Bertz CT molecular complexity index is 450. The molecule has 0 aromatic rings. The van der Waals surface area contributed by atoms with E-state index in [1.165, 1.54) is 0 Å². The van der Waals surface area contributed by atoms with Crippen molar-refractivity contribution >= 4 is 11.9 Å². The number of hydrogen-bond acceptors (Lipinski definition) is 5. The van der Waals surface area contributed by atoms with Gasteiger partial charge in [-0.15, -0.1) is 0 Å². The van der Waals surface area contributed by atoms with Gasteiger partial charge in [-0.1, -0.05) is 20.1 Å². The molecule has 1 fully saturated rings. The second kappa shape index (κ2) is 8.13. The standard InChI is InChI=1S/C17H26O5/c1-6-17(8-10-21-16(19)13(4)5)11-22-14(17)7-9-20-15(18)12(2)3/h14H,2,4,6-11H2,1,3,5H3. The van der Waals surface area contributed by atoms with Gasteiger partial charge < -0.3 is 14.2 Å². The highest BCUT2D eigenvalue weighted by atomic mass is 16.5. The molecule has 0 spiro atoms. The zero-order valence-corrected chi connectivity index (χ0v) is 13.8. The molecule has 1 aliphatic rings. The first-order chi connectivity index (χ1) is 10.3. The van der Waals surface area contributed by atoms with Gasteiger partial charge in [-0.3, -0.25) is 0 Å². The highest BCUT2D eigenvalue weighted by molar-refractivity contribution is 5.87. The molecule has 1 heterocycles. The minimum absolute atomic E-state index is 0.00894. The third-order valence-electron chi connectivity index (χ3n) is 4.10. The number of rotatable bonds is 9. The summed E-state index contributed by atoms with van der Waals surface area (Å²) in [5.41, 5.74) is 0.784. The van der Waals surface area contributed by atoms with E-state index < -0.39 is 0 Å². The lowest BCUT2D eigenvalue weighted by Gasteiger charge is -2.49. The summed E-state index contributed by atoms with van der Waals surface area (Å²) in [7, 11) is 0. The lowest BCUT2D eigenvalue weighted by molar-refractivity contribution is -0.204. The predicted molar refractivity (Wildman–Crippen MR) is 83.2 cm³/mol. The Hall–Kier alpha value is -1.62. The van der Waals surface area contributed by atoms with Gasteiger partial charge in [0, 0.05) is 23.0 Å². The Labute approximate surface area is 132 Å². The van der Waals surface area contributed by atoms with Crippen LogP contribution in [0.5, 0.6) is 0 Å². The van der Waals surface area contributed by atoms with Crippen molar-refractivity contribution in [3.63, 3.8) is 0 Å². The van der Waals surface area contributed by atoms with Gasteiger partial charge in [0.2, 0.25) is 0 Å². The molecule has 0 aromatic carbocycles. The maximum Gasteiger partial charge on any atom is 0.333 e. The number of esters is 2. The SMILES string of the molecule is C=C(C)C(=O)OCCC1OCC1(CC)CCOC(=O)C(=C)C. The van der Waals surface area contributed by atoms with Crippen LogP contribution in [0.4, 0.5) is 0 Å². The van der Waals surface area contributed by atoms with E-state index in [-0.39, 0.29) is 23.5 Å². The van der Waals surface area contributed by atoms with Gasteiger partial charge in [-0.2, -0.15) is 0 Å². The monoisotopic (exact) mass is 310 g/mol. The van der Waals surface area contributed by atoms with Crippen molar-refractivity contribution < 1.29 is 23.8 Å². The van der Waals surface area contributed by atoms with Crippen LogP contribution in [0.25, 0.3) is 0 Å². The molecule has 2 atom stereocenters. The first kappa shape index (κ1) is 18.4. The van der Waals surface area contributed by atoms with Gasteiger partial charge in [0.05, 0.1) is 25.9 Å². The van der Waals surface area contributed by atoms with E-state index in [2.05, 4.69) is 20.1 Å². The molecule has 1 saturated heterocycles. The Morgan fingerprint density at radius 1 is 1.14 bits per heavy atom. The van der Waals surface area contributed by atoms with Crippen molar-refractivity contribution in [3.05, 3.63) is 24.3 Å². The quantitative estimate of drug-likeness (QED) is 0.484. The lowest BCUT2D eigenvalue weighted by atomic mass is 9.72. The molecule has 5 heteroatoms. The van der Waals surface area contributed by atoms with Crippen molar-refractivity contribution in [2.24, 2.45) is 5.41 Å². The number of carbonyl (C=O) groups is 2. The Morgan fingerprint density at radius 2 is 1.68 bits per heavy atom. The molecule has 22 heavy (non-hydrogen) atoms. The third-order valence-corrected chi connectivity index (χ3v) is 4.10. The zero-order chi connectivity index (χ0) is 16.8. The van der Waals surface area contributed by atoms with Crippen molar-refractivity contribution in [2.75, 3.05) is 19.8 Å². The molecular weight excluding hydrogens is 284 g/mol. The summed E-state index contributed by atoms with van der Waals surface area (Å²) in [4.78, 5) is 22.7. The van der Waals surface area contributed by atoms with E-state index in [9.17, 15) is 9.59 Å². The van der Waals surface area contributed by atoms with Crippen LogP contribution in [-0.4, -0.2) is 37.9 Å². The molecule has 0 radical (unpaired) electrons. The lowest BCUT2D eigenvalue weighted by Crippen LogP contribution is -2.52. The van der Waals surface area contributed by atoms with E-state index in [0.29, 0.717) is 37.4 Å². The van der Waals surface area contributed by atoms with Crippen LogP contribution in [0.15, 0.2) is 24.3 Å². The molecule has 0 saturated carbocycles. The van der Waals surface area contributed by atoms with Gasteiger partial charge in [-0.25, -0.2) is 9.59 Å². The summed E-state index contributed by atoms with van der Waals surface area (Å²) in [5, 5.41) is 0. The van der Waals surface area contributed by atoms with Crippen molar-refractivity contribution in [3.8, 4) is 0 Å². The van der Waals surface area contributed by atoms with Crippen LogP contribution < -0.4 is 0 Å². The summed E-state index contributed by atoms with van der Waals surface area (Å²) in [6, 6.07) is 0. The van der Waals surface area contributed by atoms with Gasteiger partial charge in [0.1, 0.15) is 0 Å². The van der Waals surface area contributed by atoms with Gasteiger partial charge >= 0.3 is 11.9 Å². The van der Waals surface area contributed by atoms with Crippen molar-refractivity contribution in [1.29, 1.82) is 0 Å². The number of hydrogen-bond donors (Lipinski definition) is 0. The Balaban J connectivity index is 2.38. The smallest absolute Gasteiger partial charge is 0.333 e. The maximum atomic E-state index is 11.4. The highest BCUT2D eigenvalue weighted by Crippen LogP contribution is 2.43.